The van der Waals surface area contributed by atoms with Crippen molar-refractivity contribution < 1.29 is 19.4 Å². The first-order valence-corrected chi connectivity index (χ1v) is 6.68. The smallest absolute Gasteiger partial charge is 0.416 e. The number of fused-ring (bicyclic) bond motifs is 1. The van der Waals surface area contributed by atoms with Gasteiger partial charge in [0, 0.05) is 0 Å². The third kappa shape index (κ3) is 2.24. The fraction of sp³-hybridized carbons (Fsp3) is 0.364. The Morgan fingerprint density at radius 2 is 2.37 bits per heavy atom. The molecule has 2 amide bonds. The minimum Gasteiger partial charge on any atom is -0.441 e. The number of carbonyl (C=O) groups is 2. The summed E-state index contributed by atoms with van der Waals surface area (Å²) < 4.78 is 4.95. The lowest BCUT2D eigenvalue weighted by Gasteiger charge is -2.18. The second-order valence-electron chi connectivity index (χ2n) is 4.15. The lowest BCUT2D eigenvalue weighted by Crippen LogP contribution is -2.27. The normalized spacial score (nSPS) is 21.9. The van der Waals surface area contributed by atoms with Crippen molar-refractivity contribution in [3.8, 4) is 0 Å². The molecule has 1 atom stereocenters. The summed E-state index contributed by atoms with van der Waals surface area (Å²) in [5.41, 5.74) is 0. The number of ether oxygens (including phenoxy) is 1. The Morgan fingerprint density at radius 1 is 1.53 bits per heavy atom. The standard InChI is InChI=1S/C11H11N3O4S/c15-4-6-3-14(11(17)18-6)8-2-1-7-10(12-8)13-9(16)5-19-7/h1-2,6,15H,3-5H2,(H,12,13,16). The molecule has 0 aliphatic carbocycles. The van der Waals surface area contributed by atoms with Crippen molar-refractivity contribution in [1.29, 1.82) is 0 Å². The molecule has 7 nitrogen and oxygen atoms in total. The summed E-state index contributed by atoms with van der Waals surface area (Å²) in [5.74, 6) is 1.12. The van der Waals surface area contributed by atoms with E-state index in [1.807, 2.05) is 0 Å². The van der Waals surface area contributed by atoms with Crippen LogP contribution >= 0.6 is 11.8 Å². The number of cyclic esters (lactones) is 1. The molecular weight excluding hydrogens is 270 g/mol. The Hall–Kier alpha value is -1.80. The van der Waals surface area contributed by atoms with Crippen LogP contribution in [-0.2, 0) is 9.53 Å². The molecule has 2 aliphatic rings. The van der Waals surface area contributed by atoms with Crippen LogP contribution < -0.4 is 10.2 Å². The largest absolute Gasteiger partial charge is 0.441 e. The number of anilines is 2. The molecular formula is C11H11N3O4S. The highest BCUT2D eigenvalue weighted by Gasteiger charge is 2.33. The van der Waals surface area contributed by atoms with Gasteiger partial charge in [-0.25, -0.2) is 9.78 Å². The molecule has 2 N–H and O–H groups in total. The van der Waals surface area contributed by atoms with Crippen LogP contribution in [0, 0.1) is 0 Å². The summed E-state index contributed by atoms with van der Waals surface area (Å²) in [5, 5.41) is 11.7. The first-order chi connectivity index (χ1) is 9.17. The van der Waals surface area contributed by atoms with Gasteiger partial charge in [0.15, 0.2) is 0 Å². The quantitative estimate of drug-likeness (QED) is 0.817. The van der Waals surface area contributed by atoms with Gasteiger partial charge in [0.2, 0.25) is 5.91 Å². The van der Waals surface area contributed by atoms with Gasteiger partial charge >= 0.3 is 6.09 Å². The van der Waals surface area contributed by atoms with Gasteiger partial charge in [0.05, 0.1) is 23.8 Å². The molecule has 0 aromatic carbocycles. The highest BCUT2D eigenvalue weighted by molar-refractivity contribution is 8.00. The Kier molecular flexibility index (Phi) is 3.03. The predicted octanol–water partition coefficient (Wildman–Crippen LogP) is 0.443. The zero-order valence-electron chi connectivity index (χ0n) is 9.83. The molecule has 2 aliphatic heterocycles. The Morgan fingerprint density at radius 3 is 3.11 bits per heavy atom. The molecule has 0 spiro atoms. The van der Waals surface area contributed by atoms with Crippen LogP contribution in [0.4, 0.5) is 16.4 Å². The molecule has 3 rings (SSSR count). The number of hydrogen-bond acceptors (Lipinski definition) is 6. The minimum atomic E-state index is -0.540. The number of nitrogens with one attached hydrogen (secondary N) is 1. The van der Waals surface area contributed by atoms with E-state index >= 15 is 0 Å². The number of aliphatic hydroxyl groups excluding tert-OH is 1. The van der Waals surface area contributed by atoms with Gasteiger partial charge in [-0.3, -0.25) is 9.69 Å². The van der Waals surface area contributed by atoms with Crippen LogP contribution in [0.5, 0.6) is 0 Å². The molecule has 100 valence electrons. The van der Waals surface area contributed by atoms with E-state index in [9.17, 15) is 9.59 Å². The maximum absolute atomic E-state index is 11.6. The Balaban J connectivity index is 1.88. The second-order valence-corrected chi connectivity index (χ2v) is 5.17. The number of nitrogens with zero attached hydrogens (tertiary/aromatic N) is 2. The zero-order chi connectivity index (χ0) is 13.4. The van der Waals surface area contributed by atoms with Gasteiger partial charge in [-0.2, -0.15) is 0 Å². The molecule has 19 heavy (non-hydrogen) atoms. The average Bonchev–Trinajstić information content (AvgIpc) is 2.79. The highest BCUT2D eigenvalue weighted by atomic mass is 32.2. The number of thioether (sulfide) groups is 1. The first kappa shape index (κ1) is 12.2. The van der Waals surface area contributed by atoms with E-state index in [2.05, 4.69) is 10.3 Å². The van der Waals surface area contributed by atoms with E-state index in [4.69, 9.17) is 9.84 Å². The first-order valence-electron chi connectivity index (χ1n) is 5.70. The van der Waals surface area contributed by atoms with E-state index in [1.165, 1.54) is 16.7 Å². The highest BCUT2D eigenvalue weighted by Crippen LogP contribution is 2.32. The van der Waals surface area contributed by atoms with Crippen molar-refractivity contribution in [2.45, 2.75) is 11.0 Å². The number of pyridine rings is 1. The molecule has 1 fully saturated rings. The monoisotopic (exact) mass is 281 g/mol. The summed E-state index contributed by atoms with van der Waals surface area (Å²) in [6.45, 7) is 0.0297. The second kappa shape index (κ2) is 4.71. The maximum Gasteiger partial charge on any atom is 0.416 e. The number of rotatable bonds is 2. The van der Waals surface area contributed by atoms with E-state index in [1.54, 1.807) is 12.1 Å². The molecule has 1 aromatic rings. The molecule has 8 heteroatoms. The lowest BCUT2D eigenvalue weighted by molar-refractivity contribution is -0.113. The van der Waals surface area contributed by atoms with E-state index in [0.717, 1.165) is 4.90 Å². The number of amides is 2. The third-order valence-corrected chi connectivity index (χ3v) is 3.86. The summed E-state index contributed by atoms with van der Waals surface area (Å²) in [4.78, 5) is 29.4. The van der Waals surface area contributed by atoms with Crippen molar-refractivity contribution in [2.24, 2.45) is 0 Å². The van der Waals surface area contributed by atoms with Crippen molar-refractivity contribution in [3.05, 3.63) is 12.1 Å². The average molecular weight is 281 g/mol. The topological polar surface area (TPSA) is 91.8 Å². The van der Waals surface area contributed by atoms with Crippen LogP contribution in [0.25, 0.3) is 0 Å². The van der Waals surface area contributed by atoms with E-state index in [0.29, 0.717) is 17.4 Å². The van der Waals surface area contributed by atoms with Gasteiger partial charge in [-0.1, -0.05) is 0 Å². The minimum absolute atomic E-state index is 0.112. The van der Waals surface area contributed by atoms with Crippen LogP contribution in [0.15, 0.2) is 17.0 Å². The van der Waals surface area contributed by atoms with E-state index in [-0.39, 0.29) is 19.1 Å². The Bertz CT molecular complexity index is 551. The lowest BCUT2D eigenvalue weighted by atomic mass is 10.3. The Labute approximate surface area is 112 Å². The van der Waals surface area contributed by atoms with Gasteiger partial charge in [-0.05, 0) is 12.1 Å². The molecule has 1 saturated heterocycles. The van der Waals surface area contributed by atoms with Crippen LogP contribution in [0.2, 0.25) is 0 Å². The van der Waals surface area contributed by atoms with Gasteiger partial charge in [-0.15, -0.1) is 11.8 Å². The summed E-state index contributed by atoms with van der Waals surface area (Å²) in [7, 11) is 0. The maximum atomic E-state index is 11.6. The van der Waals surface area contributed by atoms with Gasteiger partial charge in [0.25, 0.3) is 0 Å². The molecule has 0 radical (unpaired) electrons. The van der Waals surface area contributed by atoms with Gasteiger partial charge < -0.3 is 15.2 Å². The predicted molar refractivity (Wildman–Crippen MR) is 68.3 cm³/mol. The third-order valence-electron chi connectivity index (χ3n) is 2.81. The van der Waals surface area contributed by atoms with Crippen molar-refractivity contribution >= 4 is 35.4 Å². The van der Waals surface area contributed by atoms with Crippen LogP contribution in [-0.4, -0.2) is 47.1 Å². The number of carbonyl (C=O) groups excluding carboxylic acids is 2. The fourth-order valence-corrected chi connectivity index (χ4v) is 2.66. The van der Waals surface area contributed by atoms with Crippen molar-refractivity contribution in [1.82, 2.24) is 4.98 Å². The molecule has 1 aromatic heterocycles. The summed E-state index contributed by atoms with van der Waals surface area (Å²) >= 11 is 1.40. The molecule has 3 heterocycles. The molecule has 0 bridgehead atoms. The number of aliphatic hydroxyl groups is 1. The van der Waals surface area contributed by atoms with E-state index < -0.39 is 12.2 Å². The number of aromatic nitrogens is 1. The number of hydrogen-bond donors (Lipinski definition) is 2. The van der Waals surface area contributed by atoms with Crippen molar-refractivity contribution in [3.63, 3.8) is 0 Å². The molecule has 0 saturated carbocycles. The fourth-order valence-electron chi connectivity index (χ4n) is 1.91. The van der Waals surface area contributed by atoms with Crippen molar-refractivity contribution in [2.75, 3.05) is 29.1 Å². The van der Waals surface area contributed by atoms with Gasteiger partial charge in [0.1, 0.15) is 17.7 Å². The molecule has 1 unspecified atom stereocenters. The summed E-state index contributed by atoms with van der Waals surface area (Å²) in [6, 6.07) is 3.51. The summed E-state index contributed by atoms with van der Waals surface area (Å²) in [6.07, 6.45) is -1.07. The SMILES string of the molecule is O=C1CSc2ccc(N3CC(CO)OC3=O)nc2N1. The zero-order valence-corrected chi connectivity index (χ0v) is 10.6. The van der Waals surface area contributed by atoms with Crippen LogP contribution in [0.1, 0.15) is 0 Å². The van der Waals surface area contributed by atoms with Crippen LogP contribution in [0.3, 0.4) is 0 Å².